The van der Waals surface area contributed by atoms with Crippen molar-refractivity contribution in [2.75, 3.05) is 0 Å². The minimum atomic E-state index is -0.0530. The molecular weight excluding hydrogens is 771 g/mol. The Hall–Kier alpha value is -8.35. The van der Waals surface area contributed by atoms with Crippen molar-refractivity contribution in [2.24, 2.45) is 0 Å². The van der Waals surface area contributed by atoms with Crippen molar-refractivity contribution in [1.29, 1.82) is 0 Å². The lowest BCUT2D eigenvalue weighted by atomic mass is 9.91. The molecule has 296 valence electrons. The molecule has 0 amide bonds. The molecule has 11 aromatic rings. The van der Waals surface area contributed by atoms with E-state index in [1.807, 2.05) is 30.3 Å². The zero-order chi connectivity index (χ0) is 41.4. The van der Waals surface area contributed by atoms with Crippen LogP contribution >= 0.6 is 0 Å². The highest BCUT2D eigenvalue weighted by Crippen LogP contribution is 2.47. The Morgan fingerprint density at radius 2 is 0.952 bits per heavy atom. The average molecular weight is 808 g/mol. The van der Waals surface area contributed by atoms with Crippen LogP contribution in [0.25, 0.3) is 100 Å². The van der Waals surface area contributed by atoms with E-state index in [2.05, 4.69) is 191 Å². The van der Waals surface area contributed by atoms with Gasteiger partial charge < -0.3 is 13.9 Å². The van der Waals surface area contributed by atoms with Crippen LogP contribution < -0.4 is 4.74 Å². The molecule has 0 N–H and O–H groups in total. The predicted molar refractivity (Wildman–Crippen MR) is 256 cm³/mol. The molecule has 6 nitrogen and oxygen atoms in total. The van der Waals surface area contributed by atoms with Crippen LogP contribution in [0.2, 0.25) is 0 Å². The van der Waals surface area contributed by atoms with E-state index in [1.54, 1.807) is 0 Å². The molecule has 0 bridgehead atoms. The van der Waals surface area contributed by atoms with E-state index >= 15 is 0 Å². The Kier molecular flexibility index (Phi) is 7.93. The Labute approximate surface area is 363 Å². The van der Waals surface area contributed by atoms with Crippen molar-refractivity contribution in [3.63, 3.8) is 0 Å². The second kappa shape index (κ2) is 14.1. The number of ether oxygens (including phenoxy) is 1. The van der Waals surface area contributed by atoms with Gasteiger partial charge in [-0.3, -0.25) is 0 Å². The molecule has 3 aromatic heterocycles. The van der Waals surface area contributed by atoms with E-state index in [4.69, 9.17) is 19.7 Å². The highest BCUT2D eigenvalue weighted by Gasteiger charge is 2.34. The molecule has 1 aliphatic carbocycles. The van der Waals surface area contributed by atoms with Crippen LogP contribution in [0.3, 0.4) is 0 Å². The molecule has 63 heavy (non-hydrogen) atoms. The Morgan fingerprint density at radius 1 is 0.397 bits per heavy atom. The molecule has 0 radical (unpaired) electrons. The largest absolute Gasteiger partial charge is 0.484 e. The molecule has 4 heterocycles. The van der Waals surface area contributed by atoms with Gasteiger partial charge in [-0.15, -0.1) is 0 Å². The van der Waals surface area contributed by atoms with Gasteiger partial charge in [-0.1, -0.05) is 164 Å². The van der Waals surface area contributed by atoms with Gasteiger partial charge in [-0.2, -0.15) is 0 Å². The monoisotopic (exact) mass is 807 g/mol. The first-order valence-corrected chi connectivity index (χ1v) is 21.4. The fourth-order valence-corrected chi connectivity index (χ4v) is 9.84. The van der Waals surface area contributed by atoms with E-state index in [-0.39, 0.29) is 12.0 Å². The second-order valence-electron chi connectivity index (χ2n) is 16.3. The lowest BCUT2D eigenvalue weighted by molar-refractivity contribution is 0.269. The van der Waals surface area contributed by atoms with Gasteiger partial charge in [-0.25, -0.2) is 15.0 Å². The molecule has 13 rings (SSSR count). The lowest BCUT2D eigenvalue weighted by Gasteiger charge is -2.14. The summed E-state index contributed by atoms with van der Waals surface area (Å²) >= 11 is 0. The number of hydrogen-bond donors (Lipinski definition) is 0. The standard InChI is InChI=1S/C57H37N5O/c1-3-15-36(16-4-1)37-29-31-40(32-30-37)61-49-26-10-7-21-42(49)45-33-34-46-43-22-8-11-27-50(43)62(53(46)52(45)61)41-20-13-19-39(35-41)56-58-55(38-17-5-2-6-18-38)59-57(60-56)48-25-14-24-47-44-23-9-12-28-51(44)63-54(47)48/h1-35,44,51H. The lowest BCUT2D eigenvalue weighted by Crippen LogP contribution is -2.15. The number of nitrogens with zero attached hydrogens (tertiary/aromatic N) is 5. The van der Waals surface area contributed by atoms with Crippen molar-refractivity contribution < 1.29 is 4.74 Å². The number of para-hydroxylation sites is 3. The first-order valence-electron chi connectivity index (χ1n) is 21.4. The molecule has 0 saturated carbocycles. The molecular formula is C57H37N5O. The number of benzene rings is 8. The quantitative estimate of drug-likeness (QED) is 0.168. The zero-order valence-corrected chi connectivity index (χ0v) is 34.0. The first kappa shape index (κ1) is 35.4. The van der Waals surface area contributed by atoms with Gasteiger partial charge in [0.05, 0.1) is 27.6 Å². The van der Waals surface area contributed by atoms with E-state index in [9.17, 15) is 0 Å². The van der Waals surface area contributed by atoms with E-state index < -0.39 is 0 Å². The van der Waals surface area contributed by atoms with Crippen molar-refractivity contribution in [1.82, 2.24) is 24.1 Å². The van der Waals surface area contributed by atoms with Gasteiger partial charge in [0.15, 0.2) is 17.5 Å². The minimum Gasteiger partial charge on any atom is -0.484 e. The highest BCUT2D eigenvalue weighted by atomic mass is 16.5. The molecule has 6 heteroatoms. The number of allylic oxidation sites excluding steroid dienone is 2. The molecule has 1 aliphatic heterocycles. The van der Waals surface area contributed by atoms with E-state index in [0.717, 1.165) is 61.4 Å². The molecule has 2 unspecified atom stereocenters. The highest BCUT2D eigenvalue weighted by molar-refractivity contribution is 6.23. The summed E-state index contributed by atoms with van der Waals surface area (Å²) in [6.07, 6.45) is 8.43. The maximum atomic E-state index is 6.62. The summed E-state index contributed by atoms with van der Waals surface area (Å²) in [5.41, 5.74) is 12.9. The van der Waals surface area contributed by atoms with Gasteiger partial charge in [0.25, 0.3) is 0 Å². The van der Waals surface area contributed by atoms with Crippen molar-refractivity contribution in [2.45, 2.75) is 12.0 Å². The molecule has 0 spiro atoms. The number of aromatic nitrogens is 5. The molecule has 2 atom stereocenters. The van der Waals surface area contributed by atoms with Gasteiger partial charge in [-0.05, 0) is 59.7 Å². The van der Waals surface area contributed by atoms with Crippen LogP contribution in [0.1, 0.15) is 11.5 Å². The second-order valence-corrected chi connectivity index (χ2v) is 16.3. The van der Waals surface area contributed by atoms with Crippen LogP contribution in [0.4, 0.5) is 0 Å². The maximum absolute atomic E-state index is 6.62. The van der Waals surface area contributed by atoms with E-state index in [0.29, 0.717) is 17.5 Å². The average Bonchev–Trinajstić information content (AvgIpc) is 4.03. The normalized spacial score (nSPS) is 15.3. The summed E-state index contributed by atoms with van der Waals surface area (Å²) in [7, 11) is 0. The summed E-state index contributed by atoms with van der Waals surface area (Å²) in [4.78, 5) is 15.5. The topological polar surface area (TPSA) is 57.8 Å². The molecule has 2 aliphatic rings. The molecule has 8 aromatic carbocycles. The SMILES string of the molecule is C1=CC2Oc3c(-c4nc(-c5ccccc5)nc(-c5cccc(-n6c7ccccc7c7ccc8c9ccccc9n(-c9ccc(-c%10ccccc%10)cc9)c8c76)c5)n4)cccc3C2C=C1. The summed E-state index contributed by atoms with van der Waals surface area (Å²) in [6.45, 7) is 0. The smallest absolute Gasteiger partial charge is 0.167 e. The summed E-state index contributed by atoms with van der Waals surface area (Å²) in [6, 6.07) is 66.6. The third-order valence-electron chi connectivity index (χ3n) is 12.7. The van der Waals surface area contributed by atoms with Gasteiger partial charge in [0.2, 0.25) is 0 Å². The number of fused-ring (bicyclic) bond motifs is 10. The predicted octanol–water partition coefficient (Wildman–Crippen LogP) is 13.7. The number of rotatable bonds is 6. The summed E-state index contributed by atoms with van der Waals surface area (Å²) in [5, 5.41) is 4.78. The summed E-state index contributed by atoms with van der Waals surface area (Å²) in [5.74, 6) is 2.76. The molecule has 0 fully saturated rings. The third kappa shape index (κ3) is 5.62. The van der Waals surface area contributed by atoms with Gasteiger partial charge in [0, 0.05) is 55.5 Å². The fourth-order valence-electron chi connectivity index (χ4n) is 9.84. The Balaban J connectivity index is 1.03. The third-order valence-corrected chi connectivity index (χ3v) is 12.7. The van der Waals surface area contributed by atoms with Gasteiger partial charge >= 0.3 is 0 Å². The van der Waals surface area contributed by atoms with Crippen molar-refractivity contribution in [3.8, 4) is 62.4 Å². The Bertz CT molecular complexity index is 3660. The van der Waals surface area contributed by atoms with Crippen LogP contribution in [0.15, 0.2) is 212 Å². The minimum absolute atomic E-state index is 0.0530. The fraction of sp³-hybridized carbons (Fsp3) is 0.0351. The van der Waals surface area contributed by atoms with Crippen LogP contribution in [-0.2, 0) is 0 Å². The van der Waals surface area contributed by atoms with Crippen LogP contribution in [-0.4, -0.2) is 30.2 Å². The summed E-state index contributed by atoms with van der Waals surface area (Å²) < 4.78 is 11.5. The van der Waals surface area contributed by atoms with Crippen molar-refractivity contribution >= 4 is 43.6 Å². The van der Waals surface area contributed by atoms with Crippen LogP contribution in [0.5, 0.6) is 5.75 Å². The molecule has 0 saturated heterocycles. The first-order chi connectivity index (χ1) is 31.2. The zero-order valence-electron chi connectivity index (χ0n) is 34.0. The maximum Gasteiger partial charge on any atom is 0.167 e. The van der Waals surface area contributed by atoms with Crippen LogP contribution in [0, 0.1) is 0 Å². The van der Waals surface area contributed by atoms with E-state index in [1.165, 1.54) is 32.7 Å². The number of hydrogen-bond acceptors (Lipinski definition) is 4. The van der Waals surface area contributed by atoms with Gasteiger partial charge in [0.1, 0.15) is 11.9 Å². The Morgan fingerprint density at radius 3 is 1.67 bits per heavy atom. The van der Waals surface area contributed by atoms with Crippen molar-refractivity contribution in [3.05, 3.63) is 218 Å².